The molecule has 8 rings (SSSR count). The number of aliphatic hydroxyl groups excluding tert-OH is 3. The van der Waals surface area contributed by atoms with Crippen LogP contribution in [0.15, 0.2) is 30.3 Å². The van der Waals surface area contributed by atoms with E-state index in [4.69, 9.17) is 18.9 Å². The highest BCUT2D eigenvalue weighted by molar-refractivity contribution is 8.76. The summed E-state index contributed by atoms with van der Waals surface area (Å²) in [4.78, 5) is 0. The summed E-state index contributed by atoms with van der Waals surface area (Å²) in [6.45, 7) is 1.91. The normalized spacial score (nSPS) is 29.2. The zero-order valence-electron chi connectivity index (χ0n) is 31.0. The fourth-order valence-electron chi connectivity index (χ4n) is 9.97. The Morgan fingerprint density at radius 1 is 0.907 bits per heavy atom. The summed E-state index contributed by atoms with van der Waals surface area (Å²) in [5, 5.41) is 68.2. The van der Waals surface area contributed by atoms with Crippen LogP contribution in [0.25, 0.3) is 11.1 Å². The van der Waals surface area contributed by atoms with Gasteiger partial charge in [-0.1, -0.05) is 47.4 Å². The predicted molar refractivity (Wildman–Crippen MR) is 210 cm³/mol. The van der Waals surface area contributed by atoms with Crippen LogP contribution < -0.4 is 18.9 Å². The Labute approximate surface area is 324 Å². The number of aromatic hydroxyl groups is 3. The van der Waals surface area contributed by atoms with E-state index in [1.807, 2.05) is 29.0 Å². The van der Waals surface area contributed by atoms with E-state index in [-0.39, 0.29) is 71.4 Å². The first kappa shape index (κ1) is 37.7. The molecule has 3 aromatic rings. The first-order chi connectivity index (χ1) is 26.2. The number of hydrogen-bond donors (Lipinski definition) is 6. The van der Waals surface area contributed by atoms with Crippen LogP contribution in [0.1, 0.15) is 111 Å². The standard InChI is InChI=1S/C42H52O10S2/c1-22-8-10-25-27-18-23(45)9-11-26(27)34-30(50-16-15-43)20-31-36(35(34)28(25)21-44)37-33(54-53-17-13-22)12-14-42(52-31,41(37)48)29-19-32(39(47)40(49-2)38(29)46)51-24-6-4-3-5-7-24/h9,11,18-20,22,24-25,28,33,37,41,43-48H,3-8,10,12-17,21H2,1-2H3/t22-,25-,28-,33-,37-,41+,42-/m0/s1. The molecule has 0 amide bonds. The SMILES string of the molecule is COc1c(O)c(OC2CCCCC2)cc([C@@]23CC[C@@H]4SSCC[C@@H](C)CC[C@H]5c6cc(O)ccc6-c6c(OCCO)cc(c(c6[C@H]5CO)[C@H]4[C@H]2O)O3)c1O. The van der Waals surface area contributed by atoms with E-state index >= 15 is 0 Å². The van der Waals surface area contributed by atoms with Gasteiger partial charge in [-0.3, -0.25) is 0 Å². The highest BCUT2D eigenvalue weighted by atomic mass is 33.1. The van der Waals surface area contributed by atoms with E-state index in [1.165, 1.54) is 7.11 Å². The van der Waals surface area contributed by atoms with Gasteiger partial charge in [0.1, 0.15) is 30.0 Å². The first-order valence-electron chi connectivity index (χ1n) is 19.5. The molecule has 2 fully saturated rings. The second kappa shape index (κ2) is 15.4. The molecule has 3 aliphatic carbocycles. The molecule has 0 spiro atoms. The third-order valence-corrected chi connectivity index (χ3v) is 15.6. The summed E-state index contributed by atoms with van der Waals surface area (Å²) in [5.74, 6) is 0.951. The van der Waals surface area contributed by atoms with E-state index in [2.05, 4.69) is 6.92 Å². The number of aliphatic hydroxyl groups is 3. The van der Waals surface area contributed by atoms with Gasteiger partial charge in [-0.2, -0.15) is 0 Å². The van der Waals surface area contributed by atoms with Crippen molar-refractivity contribution in [1.82, 2.24) is 0 Å². The summed E-state index contributed by atoms with van der Waals surface area (Å²) >= 11 is 0. The van der Waals surface area contributed by atoms with Gasteiger partial charge in [0, 0.05) is 45.6 Å². The van der Waals surface area contributed by atoms with Gasteiger partial charge in [0.2, 0.25) is 11.5 Å². The molecule has 54 heavy (non-hydrogen) atoms. The van der Waals surface area contributed by atoms with E-state index in [0.29, 0.717) is 30.3 Å². The number of hydrogen-bond acceptors (Lipinski definition) is 12. The smallest absolute Gasteiger partial charge is 0.207 e. The minimum Gasteiger partial charge on any atom is -0.508 e. The molecule has 6 N–H and O–H groups in total. The molecule has 12 heteroatoms. The minimum atomic E-state index is -1.45. The number of methoxy groups -OCH3 is 1. The summed E-state index contributed by atoms with van der Waals surface area (Å²) < 4.78 is 25.5. The molecule has 0 radical (unpaired) electrons. The Hall–Kier alpha value is -3.16. The third-order valence-electron chi connectivity index (χ3n) is 12.6. The van der Waals surface area contributed by atoms with Gasteiger partial charge in [-0.15, -0.1) is 0 Å². The van der Waals surface area contributed by atoms with Crippen molar-refractivity contribution in [3.8, 4) is 51.4 Å². The fourth-order valence-corrected chi connectivity index (χ4v) is 13.1. The van der Waals surface area contributed by atoms with Crippen molar-refractivity contribution in [3.63, 3.8) is 0 Å². The molecule has 2 heterocycles. The van der Waals surface area contributed by atoms with Gasteiger partial charge in [0.25, 0.3) is 0 Å². The quantitative estimate of drug-likeness (QED) is 0.123. The van der Waals surface area contributed by atoms with Gasteiger partial charge < -0.3 is 49.6 Å². The molecule has 10 nitrogen and oxygen atoms in total. The van der Waals surface area contributed by atoms with Crippen molar-refractivity contribution >= 4 is 21.6 Å². The maximum atomic E-state index is 13.0. The van der Waals surface area contributed by atoms with Crippen LogP contribution in [-0.4, -0.2) is 80.8 Å². The number of benzene rings is 3. The molecular formula is C42H52O10S2. The van der Waals surface area contributed by atoms with Crippen LogP contribution in [0.4, 0.5) is 0 Å². The molecule has 3 aromatic carbocycles. The van der Waals surface area contributed by atoms with Crippen molar-refractivity contribution < 1.29 is 49.6 Å². The second-order valence-corrected chi connectivity index (χ2v) is 18.5. The Morgan fingerprint density at radius 3 is 2.48 bits per heavy atom. The van der Waals surface area contributed by atoms with Crippen LogP contribution in [0.5, 0.6) is 40.2 Å². The molecule has 0 unspecified atom stereocenters. The highest BCUT2D eigenvalue weighted by Crippen LogP contribution is 2.65. The Kier molecular flexibility index (Phi) is 10.8. The fraction of sp³-hybridized carbons (Fsp3) is 0.571. The Morgan fingerprint density at radius 2 is 1.72 bits per heavy atom. The summed E-state index contributed by atoms with van der Waals surface area (Å²) in [6, 6.07) is 8.84. The van der Waals surface area contributed by atoms with Gasteiger partial charge in [0.15, 0.2) is 17.1 Å². The van der Waals surface area contributed by atoms with Crippen LogP contribution in [0, 0.1) is 5.92 Å². The van der Waals surface area contributed by atoms with E-state index in [0.717, 1.165) is 84.9 Å². The molecule has 0 aromatic heterocycles. The first-order valence-corrected chi connectivity index (χ1v) is 21.9. The molecule has 2 aliphatic heterocycles. The van der Waals surface area contributed by atoms with Crippen molar-refractivity contribution in [2.24, 2.45) is 5.92 Å². The van der Waals surface area contributed by atoms with Crippen LogP contribution >= 0.6 is 21.6 Å². The molecule has 292 valence electrons. The van der Waals surface area contributed by atoms with Crippen LogP contribution in [0.3, 0.4) is 0 Å². The number of phenolic OH excluding ortho intramolecular Hbond substituents is 3. The monoisotopic (exact) mass is 780 g/mol. The van der Waals surface area contributed by atoms with Crippen molar-refractivity contribution in [1.29, 1.82) is 0 Å². The average molecular weight is 781 g/mol. The predicted octanol–water partition coefficient (Wildman–Crippen LogP) is 7.83. The van der Waals surface area contributed by atoms with Gasteiger partial charge in [-0.05, 0) is 98.1 Å². The summed E-state index contributed by atoms with van der Waals surface area (Å²) in [7, 11) is 5.00. The average Bonchev–Trinajstić information content (AvgIpc) is 3.17. The number of rotatable bonds is 8. The Bertz CT molecular complexity index is 1860. The van der Waals surface area contributed by atoms with Crippen molar-refractivity contribution in [3.05, 3.63) is 52.6 Å². The lowest BCUT2D eigenvalue weighted by molar-refractivity contribution is -0.112. The molecule has 2 saturated carbocycles. The lowest BCUT2D eigenvalue weighted by atomic mass is 9.62. The second-order valence-electron chi connectivity index (χ2n) is 15.8. The van der Waals surface area contributed by atoms with Gasteiger partial charge >= 0.3 is 0 Å². The number of fused-ring (bicyclic) bond motifs is 5. The summed E-state index contributed by atoms with van der Waals surface area (Å²) in [5.41, 5.74) is 3.12. The maximum Gasteiger partial charge on any atom is 0.207 e. The lowest BCUT2D eigenvalue weighted by Gasteiger charge is -2.54. The molecule has 7 atom stereocenters. The Balaban J connectivity index is 1.37. The molecule has 0 saturated heterocycles. The minimum absolute atomic E-state index is 0.0213. The van der Waals surface area contributed by atoms with E-state index in [9.17, 15) is 30.6 Å². The van der Waals surface area contributed by atoms with Crippen LogP contribution in [-0.2, 0) is 5.60 Å². The number of phenols is 3. The lowest BCUT2D eigenvalue weighted by Crippen LogP contribution is -2.57. The molecule has 4 bridgehead atoms. The topological polar surface area (TPSA) is 158 Å². The zero-order chi connectivity index (χ0) is 37.7. The van der Waals surface area contributed by atoms with Crippen LogP contribution in [0.2, 0.25) is 0 Å². The van der Waals surface area contributed by atoms with E-state index in [1.54, 1.807) is 22.9 Å². The third kappa shape index (κ3) is 6.33. The molecular weight excluding hydrogens is 729 g/mol. The van der Waals surface area contributed by atoms with Gasteiger partial charge in [0.05, 0.1) is 26.4 Å². The van der Waals surface area contributed by atoms with E-state index < -0.39 is 23.5 Å². The largest absolute Gasteiger partial charge is 0.508 e. The molecule has 5 aliphatic rings. The number of ether oxygens (including phenoxy) is 4. The van der Waals surface area contributed by atoms with Gasteiger partial charge in [-0.25, -0.2) is 0 Å². The van der Waals surface area contributed by atoms with Crippen molar-refractivity contribution in [2.45, 2.75) is 112 Å². The zero-order valence-corrected chi connectivity index (χ0v) is 32.6. The highest BCUT2D eigenvalue weighted by Gasteiger charge is 2.59. The van der Waals surface area contributed by atoms with Crippen molar-refractivity contribution in [2.75, 3.05) is 32.7 Å². The summed E-state index contributed by atoms with van der Waals surface area (Å²) in [6.07, 6.45) is 7.44. The maximum absolute atomic E-state index is 13.0.